The summed E-state index contributed by atoms with van der Waals surface area (Å²) in [4.78, 5) is 0. The van der Waals surface area contributed by atoms with Gasteiger partial charge in [0.2, 0.25) is 0 Å². The minimum absolute atomic E-state index is 0.772. The van der Waals surface area contributed by atoms with E-state index in [-0.39, 0.29) is 0 Å². The van der Waals surface area contributed by atoms with Gasteiger partial charge in [0.15, 0.2) is 0 Å². The second kappa shape index (κ2) is 4.10. The average molecular weight is 155 g/mol. The molecule has 0 saturated heterocycles. The van der Waals surface area contributed by atoms with Crippen LogP contribution < -0.4 is 5.32 Å². The van der Waals surface area contributed by atoms with E-state index in [9.17, 15) is 0 Å². The van der Waals surface area contributed by atoms with Crippen LogP contribution >= 0.6 is 0 Å². The number of nitrogens with one attached hydrogen (secondary N) is 1. The lowest BCUT2D eigenvalue weighted by Crippen LogP contribution is -2.29. The highest BCUT2D eigenvalue weighted by atomic mass is 14.9. The van der Waals surface area contributed by atoms with Crippen molar-refractivity contribution < 1.29 is 0 Å². The molecule has 0 spiro atoms. The van der Waals surface area contributed by atoms with Gasteiger partial charge in [0.25, 0.3) is 0 Å². The highest BCUT2D eigenvalue weighted by Gasteiger charge is 2.27. The largest absolute Gasteiger partial charge is 0.314 e. The Morgan fingerprint density at radius 2 is 1.91 bits per heavy atom. The highest BCUT2D eigenvalue weighted by Crippen LogP contribution is 2.32. The molecule has 0 aromatic carbocycles. The molecule has 0 aliphatic heterocycles. The third-order valence-corrected chi connectivity index (χ3v) is 2.52. The van der Waals surface area contributed by atoms with Crippen LogP contribution in [0.25, 0.3) is 0 Å². The van der Waals surface area contributed by atoms with E-state index in [4.69, 9.17) is 0 Å². The quantitative estimate of drug-likeness (QED) is 0.643. The minimum atomic E-state index is 0.772. The van der Waals surface area contributed by atoms with Crippen LogP contribution in [0.4, 0.5) is 0 Å². The van der Waals surface area contributed by atoms with Gasteiger partial charge in [0, 0.05) is 6.04 Å². The van der Waals surface area contributed by atoms with Crippen molar-refractivity contribution >= 4 is 0 Å². The average Bonchev–Trinajstić information content (AvgIpc) is 2.66. The summed E-state index contributed by atoms with van der Waals surface area (Å²) in [5.74, 6) is 1.84. The van der Waals surface area contributed by atoms with Crippen molar-refractivity contribution in [3.05, 3.63) is 0 Å². The predicted octanol–water partition coefficient (Wildman–Crippen LogP) is 2.42. The van der Waals surface area contributed by atoms with Crippen LogP contribution in [0.1, 0.15) is 40.0 Å². The van der Waals surface area contributed by atoms with E-state index in [2.05, 4.69) is 26.1 Å². The van der Waals surface area contributed by atoms with Crippen molar-refractivity contribution in [2.75, 3.05) is 6.54 Å². The molecule has 0 bridgehead atoms. The maximum atomic E-state index is 3.58. The third-order valence-electron chi connectivity index (χ3n) is 2.52. The molecule has 1 nitrogen and oxygen atoms in total. The Balaban J connectivity index is 1.93. The monoisotopic (exact) mass is 155 g/mol. The van der Waals surface area contributed by atoms with E-state index < -0.39 is 0 Å². The molecule has 1 unspecified atom stereocenters. The van der Waals surface area contributed by atoms with Gasteiger partial charge in [-0.25, -0.2) is 0 Å². The van der Waals surface area contributed by atoms with Crippen molar-refractivity contribution in [2.24, 2.45) is 11.8 Å². The molecule has 1 saturated carbocycles. The molecule has 0 heterocycles. The molecule has 1 heteroatoms. The van der Waals surface area contributed by atoms with Gasteiger partial charge in [-0.2, -0.15) is 0 Å². The number of hydrogen-bond acceptors (Lipinski definition) is 1. The Hall–Kier alpha value is -0.0400. The first-order valence-electron chi connectivity index (χ1n) is 4.93. The molecule has 1 atom stereocenters. The molecule has 0 radical (unpaired) electrons. The Labute approximate surface area is 70.6 Å². The van der Waals surface area contributed by atoms with Crippen molar-refractivity contribution in [1.82, 2.24) is 5.32 Å². The fourth-order valence-electron chi connectivity index (χ4n) is 1.36. The molecule has 0 aromatic rings. The normalized spacial score (nSPS) is 20.7. The summed E-state index contributed by atoms with van der Waals surface area (Å²) >= 11 is 0. The van der Waals surface area contributed by atoms with E-state index in [0.29, 0.717) is 0 Å². The van der Waals surface area contributed by atoms with E-state index >= 15 is 0 Å². The van der Waals surface area contributed by atoms with Gasteiger partial charge in [0.05, 0.1) is 0 Å². The third kappa shape index (κ3) is 3.76. The van der Waals surface area contributed by atoms with E-state index in [1.165, 1.54) is 25.8 Å². The zero-order valence-corrected chi connectivity index (χ0v) is 8.06. The van der Waals surface area contributed by atoms with Gasteiger partial charge in [-0.1, -0.05) is 13.8 Å². The molecule has 1 aliphatic rings. The Morgan fingerprint density at radius 3 is 2.36 bits per heavy atom. The fraction of sp³-hybridized carbons (Fsp3) is 1.00. The van der Waals surface area contributed by atoms with Crippen LogP contribution in [0.5, 0.6) is 0 Å². The van der Waals surface area contributed by atoms with Crippen molar-refractivity contribution in [3.63, 3.8) is 0 Å². The molecule has 0 aromatic heterocycles. The summed E-state index contributed by atoms with van der Waals surface area (Å²) in [5.41, 5.74) is 0. The summed E-state index contributed by atoms with van der Waals surface area (Å²) in [7, 11) is 0. The minimum Gasteiger partial charge on any atom is -0.314 e. The van der Waals surface area contributed by atoms with Crippen molar-refractivity contribution in [3.8, 4) is 0 Å². The summed E-state index contributed by atoms with van der Waals surface area (Å²) in [5, 5.41) is 3.58. The second-order valence-corrected chi connectivity index (χ2v) is 4.26. The van der Waals surface area contributed by atoms with Gasteiger partial charge in [-0.3, -0.25) is 0 Å². The first-order valence-corrected chi connectivity index (χ1v) is 4.93. The van der Waals surface area contributed by atoms with Crippen LogP contribution in [0.3, 0.4) is 0 Å². The standard InChI is InChI=1S/C10H21N/c1-8(2)6-7-11-9(3)10-4-5-10/h8-11H,4-7H2,1-3H3. The topological polar surface area (TPSA) is 12.0 Å². The molecule has 66 valence electrons. The van der Waals surface area contributed by atoms with Crippen molar-refractivity contribution in [1.29, 1.82) is 0 Å². The molecular formula is C10H21N. The van der Waals surface area contributed by atoms with Crippen LogP contribution in [-0.2, 0) is 0 Å². The Bertz CT molecular complexity index is 105. The lowest BCUT2D eigenvalue weighted by atomic mass is 10.1. The lowest BCUT2D eigenvalue weighted by Gasteiger charge is -2.13. The fourth-order valence-corrected chi connectivity index (χ4v) is 1.36. The summed E-state index contributed by atoms with van der Waals surface area (Å²) in [6.45, 7) is 8.08. The van der Waals surface area contributed by atoms with Gasteiger partial charge in [-0.05, 0) is 44.6 Å². The molecule has 1 aliphatic carbocycles. The zero-order valence-electron chi connectivity index (χ0n) is 8.06. The Kier molecular flexibility index (Phi) is 3.38. The van der Waals surface area contributed by atoms with Crippen LogP contribution in [0, 0.1) is 11.8 Å². The van der Waals surface area contributed by atoms with Crippen LogP contribution in [-0.4, -0.2) is 12.6 Å². The summed E-state index contributed by atoms with van der Waals surface area (Å²) < 4.78 is 0. The van der Waals surface area contributed by atoms with Crippen molar-refractivity contribution in [2.45, 2.75) is 46.1 Å². The van der Waals surface area contributed by atoms with E-state index in [1.807, 2.05) is 0 Å². The maximum absolute atomic E-state index is 3.58. The smallest absolute Gasteiger partial charge is 0.00670 e. The number of rotatable bonds is 5. The molecular weight excluding hydrogens is 134 g/mol. The zero-order chi connectivity index (χ0) is 8.27. The van der Waals surface area contributed by atoms with Gasteiger partial charge < -0.3 is 5.32 Å². The number of hydrogen-bond donors (Lipinski definition) is 1. The first-order chi connectivity index (χ1) is 5.20. The second-order valence-electron chi connectivity index (χ2n) is 4.26. The SMILES string of the molecule is CC(C)CCNC(C)C1CC1. The van der Waals surface area contributed by atoms with E-state index in [0.717, 1.165) is 17.9 Å². The molecule has 11 heavy (non-hydrogen) atoms. The molecule has 1 N–H and O–H groups in total. The Morgan fingerprint density at radius 1 is 1.27 bits per heavy atom. The van der Waals surface area contributed by atoms with Gasteiger partial charge in [0.1, 0.15) is 0 Å². The highest BCUT2D eigenvalue weighted by molar-refractivity contribution is 4.82. The van der Waals surface area contributed by atoms with Crippen LogP contribution in [0.2, 0.25) is 0 Å². The predicted molar refractivity (Wildman–Crippen MR) is 49.6 cm³/mol. The first kappa shape index (κ1) is 9.05. The maximum Gasteiger partial charge on any atom is 0.00670 e. The van der Waals surface area contributed by atoms with E-state index in [1.54, 1.807) is 0 Å². The molecule has 0 amide bonds. The molecule has 1 fully saturated rings. The summed E-state index contributed by atoms with van der Waals surface area (Å²) in [6, 6.07) is 0.772. The van der Waals surface area contributed by atoms with Crippen LogP contribution in [0.15, 0.2) is 0 Å². The van der Waals surface area contributed by atoms with Gasteiger partial charge >= 0.3 is 0 Å². The summed E-state index contributed by atoms with van der Waals surface area (Å²) in [6.07, 6.45) is 4.22. The lowest BCUT2D eigenvalue weighted by molar-refractivity contribution is 0.457. The van der Waals surface area contributed by atoms with Gasteiger partial charge in [-0.15, -0.1) is 0 Å². The molecule has 1 rings (SSSR count).